The Balaban J connectivity index is 2.52. The predicted molar refractivity (Wildman–Crippen MR) is 75.3 cm³/mol. The second-order valence-electron chi connectivity index (χ2n) is 3.28. The Morgan fingerprint density at radius 2 is 2.00 bits per heavy atom. The molecule has 1 aromatic carbocycles. The monoisotopic (exact) mass is 334 g/mol. The highest BCUT2D eigenvalue weighted by Gasteiger charge is 2.02. The van der Waals surface area contributed by atoms with Gasteiger partial charge in [0, 0.05) is 10.5 Å². The van der Waals surface area contributed by atoms with E-state index in [1.165, 1.54) is 17.7 Å². The highest BCUT2D eigenvalue weighted by Crippen LogP contribution is 2.20. The molecule has 1 rings (SSSR count). The van der Waals surface area contributed by atoms with Gasteiger partial charge in [0.1, 0.15) is 0 Å². The van der Waals surface area contributed by atoms with Crippen LogP contribution in [-0.2, 0) is 0 Å². The molecule has 0 fully saturated rings. The zero-order chi connectivity index (χ0) is 11.1. The van der Waals surface area contributed by atoms with E-state index in [0.29, 0.717) is 4.43 Å². The Morgan fingerprint density at radius 3 is 2.53 bits per heavy atom. The summed E-state index contributed by atoms with van der Waals surface area (Å²) in [6, 6.07) is 7.93. The van der Waals surface area contributed by atoms with E-state index in [9.17, 15) is 4.79 Å². The van der Waals surface area contributed by atoms with Crippen LogP contribution in [0.5, 0.6) is 0 Å². The van der Waals surface area contributed by atoms with Gasteiger partial charge >= 0.3 is 0 Å². The molecule has 0 aliphatic heterocycles. The molecular formula is C12H15IOS. The summed E-state index contributed by atoms with van der Waals surface area (Å²) in [6.45, 7) is 2.20. The average Bonchev–Trinajstić information content (AvgIpc) is 2.29. The van der Waals surface area contributed by atoms with E-state index in [2.05, 4.69) is 29.5 Å². The quantitative estimate of drug-likeness (QED) is 0.255. The largest absolute Gasteiger partial charge is 0.293 e. The maximum absolute atomic E-state index is 11.4. The Labute approximate surface area is 109 Å². The van der Waals surface area contributed by atoms with Crippen molar-refractivity contribution in [1.82, 2.24) is 0 Å². The van der Waals surface area contributed by atoms with Gasteiger partial charge in [0.15, 0.2) is 5.78 Å². The number of carbonyl (C=O) groups excluding carboxylic acids is 1. The second-order valence-corrected chi connectivity index (χ2v) is 5.21. The van der Waals surface area contributed by atoms with Crippen LogP contribution >= 0.6 is 34.4 Å². The van der Waals surface area contributed by atoms with Crippen LogP contribution in [0.25, 0.3) is 0 Å². The Morgan fingerprint density at radius 1 is 1.33 bits per heavy atom. The van der Waals surface area contributed by atoms with Gasteiger partial charge in [0.05, 0.1) is 4.43 Å². The Hall–Kier alpha value is -0.0300. The molecule has 0 saturated carbocycles. The first-order chi connectivity index (χ1) is 7.27. The van der Waals surface area contributed by atoms with Gasteiger partial charge in [-0.1, -0.05) is 48.1 Å². The first kappa shape index (κ1) is 13.0. The third-order valence-corrected chi connectivity index (χ3v) is 3.86. The molecule has 0 heterocycles. The lowest BCUT2D eigenvalue weighted by atomic mass is 10.2. The fourth-order valence-corrected chi connectivity index (χ4v) is 2.59. The summed E-state index contributed by atoms with van der Waals surface area (Å²) in [7, 11) is 0. The van der Waals surface area contributed by atoms with Crippen molar-refractivity contribution in [3.8, 4) is 0 Å². The number of hydrogen-bond acceptors (Lipinski definition) is 2. The molecule has 15 heavy (non-hydrogen) atoms. The number of ketones is 1. The molecule has 0 amide bonds. The number of thioether (sulfide) groups is 1. The van der Waals surface area contributed by atoms with E-state index in [1.54, 1.807) is 0 Å². The Kier molecular flexibility index (Phi) is 6.32. The van der Waals surface area contributed by atoms with Crippen LogP contribution in [-0.4, -0.2) is 16.0 Å². The van der Waals surface area contributed by atoms with Gasteiger partial charge in [-0.25, -0.2) is 0 Å². The molecule has 0 atom stereocenters. The van der Waals surface area contributed by atoms with Crippen LogP contribution in [0.2, 0.25) is 0 Å². The van der Waals surface area contributed by atoms with Gasteiger partial charge in [-0.05, 0) is 24.3 Å². The first-order valence-electron chi connectivity index (χ1n) is 5.10. The molecular weight excluding hydrogens is 319 g/mol. The van der Waals surface area contributed by atoms with Gasteiger partial charge in [-0.2, -0.15) is 0 Å². The topological polar surface area (TPSA) is 17.1 Å². The van der Waals surface area contributed by atoms with Crippen molar-refractivity contribution in [2.75, 3.05) is 10.2 Å². The van der Waals surface area contributed by atoms with Gasteiger partial charge in [-0.15, -0.1) is 11.8 Å². The number of Topliss-reactive ketones (excluding diaryl/α,β-unsaturated/α-hetero) is 1. The SMILES string of the molecule is CCCCSc1ccc(C(=O)CI)cc1. The predicted octanol–water partition coefficient (Wildman–Crippen LogP) is 4.20. The molecule has 0 bridgehead atoms. The molecule has 3 heteroatoms. The fraction of sp³-hybridized carbons (Fsp3) is 0.417. The van der Waals surface area contributed by atoms with Gasteiger partial charge in [0.25, 0.3) is 0 Å². The van der Waals surface area contributed by atoms with Crippen molar-refractivity contribution < 1.29 is 4.79 Å². The molecule has 0 radical (unpaired) electrons. The number of carbonyl (C=O) groups is 1. The molecule has 0 aliphatic carbocycles. The summed E-state index contributed by atoms with van der Waals surface area (Å²) >= 11 is 3.96. The third-order valence-electron chi connectivity index (χ3n) is 2.06. The number of halogens is 1. The molecule has 1 aromatic rings. The standard InChI is InChI=1S/C12H15IOS/c1-2-3-8-15-11-6-4-10(5-7-11)12(14)9-13/h4-7H,2-3,8-9H2,1H3. The van der Waals surface area contributed by atoms with E-state index in [4.69, 9.17) is 0 Å². The smallest absolute Gasteiger partial charge is 0.172 e. The number of unbranched alkanes of at least 4 members (excludes halogenated alkanes) is 1. The highest BCUT2D eigenvalue weighted by atomic mass is 127. The van der Waals surface area contributed by atoms with Crippen LogP contribution in [0.4, 0.5) is 0 Å². The van der Waals surface area contributed by atoms with E-state index >= 15 is 0 Å². The maximum atomic E-state index is 11.4. The maximum Gasteiger partial charge on any atom is 0.172 e. The lowest BCUT2D eigenvalue weighted by Gasteiger charge is -2.01. The van der Waals surface area contributed by atoms with Crippen LogP contribution in [0.1, 0.15) is 30.1 Å². The van der Waals surface area contributed by atoms with Crippen molar-refractivity contribution in [1.29, 1.82) is 0 Å². The average molecular weight is 334 g/mol. The van der Waals surface area contributed by atoms with E-state index in [0.717, 1.165) is 11.3 Å². The molecule has 82 valence electrons. The zero-order valence-electron chi connectivity index (χ0n) is 8.83. The molecule has 0 unspecified atom stereocenters. The lowest BCUT2D eigenvalue weighted by Crippen LogP contribution is -1.98. The number of hydrogen-bond donors (Lipinski definition) is 0. The van der Waals surface area contributed by atoms with Crippen LogP contribution in [0.3, 0.4) is 0 Å². The van der Waals surface area contributed by atoms with Crippen molar-refractivity contribution in [2.24, 2.45) is 0 Å². The van der Waals surface area contributed by atoms with Crippen molar-refractivity contribution in [3.63, 3.8) is 0 Å². The van der Waals surface area contributed by atoms with Crippen LogP contribution in [0, 0.1) is 0 Å². The van der Waals surface area contributed by atoms with Crippen LogP contribution < -0.4 is 0 Å². The second kappa shape index (κ2) is 7.28. The van der Waals surface area contributed by atoms with E-state index in [1.807, 2.05) is 36.0 Å². The van der Waals surface area contributed by atoms with Crippen molar-refractivity contribution in [2.45, 2.75) is 24.7 Å². The van der Waals surface area contributed by atoms with Crippen LogP contribution in [0.15, 0.2) is 29.2 Å². The summed E-state index contributed by atoms with van der Waals surface area (Å²) < 4.78 is 0.556. The minimum atomic E-state index is 0.209. The summed E-state index contributed by atoms with van der Waals surface area (Å²) in [5.74, 6) is 1.37. The summed E-state index contributed by atoms with van der Waals surface area (Å²) in [4.78, 5) is 12.6. The minimum Gasteiger partial charge on any atom is -0.293 e. The van der Waals surface area contributed by atoms with Gasteiger partial charge in [0.2, 0.25) is 0 Å². The first-order valence-corrected chi connectivity index (χ1v) is 7.61. The third kappa shape index (κ3) is 4.55. The number of benzene rings is 1. The highest BCUT2D eigenvalue weighted by molar-refractivity contribution is 14.1. The molecule has 0 spiro atoms. The normalized spacial score (nSPS) is 10.3. The number of rotatable bonds is 6. The minimum absolute atomic E-state index is 0.209. The van der Waals surface area contributed by atoms with E-state index < -0.39 is 0 Å². The molecule has 0 aromatic heterocycles. The zero-order valence-corrected chi connectivity index (χ0v) is 11.8. The van der Waals surface area contributed by atoms with Crippen molar-refractivity contribution >= 4 is 40.1 Å². The summed E-state index contributed by atoms with van der Waals surface area (Å²) in [5, 5.41) is 0. The lowest BCUT2D eigenvalue weighted by molar-refractivity contribution is 0.102. The molecule has 0 N–H and O–H groups in total. The fourth-order valence-electron chi connectivity index (χ4n) is 1.15. The van der Waals surface area contributed by atoms with E-state index in [-0.39, 0.29) is 5.78 Å². The summed E-state index contributed by atoms with van der Waals surface area (Å²) in [5.41, 5.74) is 0.823. The molecule has 1 nitrogen and oxygen atoms in total. The van der Waals surface area contributed by atoms with Gasteiger partial charge in [-0.3, -0.25) is 4.79 Å². The molecule has 0 saturated heterocycles. The Bertz CT molecular complexity index is 308. The van der Waals surface area contributed by atoms with Gasteiger partial charge < -0.3 is 0 Å². The molecule has 0 aliphatic rings. The van der Waals surface area contributed by atoms with Crippen molar-refractivity contribution in [3.05, 3.63) is 29.8 Å². The summed E-state index contributed by atoms with van der Waals surface area (Å²) in [6.07, 6.45) is 2.48. The number of alkyl halides is 1.